The highest BCUT2D eigenvalue weighted by atomic mass is 16.6. The maximum atomic E-state index is 10.9. The SMILES string of the molecule is O=[N+]([O-])c1ccnc(N2CCOC3(CCNCC3)C2)c1. The Hall–Kier alpha value is -1.73. The van der Waals surface area contributed by atoms with Crippen LogP contribution in [0.2, 0.25) is 0 Å². The van der Waals surface area contributed by atoms with Gasteiger partial charge in [0.15, 0.2) is 0 Å². The second-order valence-corrected chi connectivity index (χ2v) is 5.33. The number of nitrogens with zero attached hydrogens (tertiary/aromatic N) is 3. The molecular formula is C13H18N4O3. The van der Waals surface area contributed by atoms with Crippen molar-refractivity contribution < 1.29 is 9.66 Å². The van der Waals surface area contributed by atoms with Crippen molar-refractivity contribution in [2.24, 2.45) is 0 Å². The number of rotatable bonds is 2. The molecule has 0 amide bonds. The third kappa shape index (κ3) is 2.59. The molecule has 0 atom stereocenters. The Morgan fingerprint density at radius 2 is 2.25 bits per heavy atom. The van der Waals surface area contributed by atoms with Gasteiger partial charge in [-0.2, -0.15) is 0 Å². The van der Waals surface area contributed by atoms with Crippen molar-refractivity contribution in [1.29, 1.82) is 0 Å². The summed E-state index contributed by atoms with van der Waals surface area (Å²) in [6.07, 6.45) is 3.44. The number of hydrogen-bond donors (Lipinski definition) is 1. The first-order chi connectivity index (χ1) is 9.69. The van der Waals surface area contributed by atoms with Crippen LogP contribution >= 0.6 is 0 Å². The summed E-state index contributed by atoms with van der Waals surface area (Å²) in [5.41, 5.74) is -0.0450. The molecule has 0 bridgehead atoms. The second kappa shape index (κ2) is 5.34. The molecule has 1 spiro atoms. The first-order valence-corrected chi connectivity index (χ1v) is 6.89. The molecule has 7 nitrogen and oxygen atoms in total. The van der Waals surface area contributed by atoms with Gasteiger partial charge in [-0.1, -0.05) is 0 Å². The molecule has 108 valence electrons. The molecule has 2 aliphatic heterocycles. The Kier molecular flexibility index (Phi) is 3.54. The lowest BCUT2D eigenvalue weighted by molar-refractivity contribution is -0.384. The van der Waals surface area contributed by atoms with E-state index in [0.29, 0.717) is 12.4 Å². The summed E-state index contributed by atoms with van der Waals surface area (Å²) < 4.78 is 5.99. The van der Waals surface area contributed by atoms with Crippen LogP contribution in [0.1, 0.15) is 12.8 Å². The summed E-state index contributed by atoms with van der Waals surface area (Å²) in [5.74, 6) is 0.667. The predicted molar refractivity (Wildman–Crippen MR) is 73.9 cm³/mol. The summed E-state index contributed by atoms with van der Waals surface area (Å²) in [7, 11) is 0. The molecule has 0 radical (unpaired) electrons. The number of nitrogens with one attached hydrogen (secondary N) is 1. The quantitative estimate of drug-likeness (QED) is 0.641. The molecule has 3 heterocycles. The maximum absolute atomic E-state index is 10.9. The molecule has 2 fully saturated rings. The Morgan fingerprint density at radius 3 is 3.00 bits per heavy atom. The fourth-order valence-electron chi connectivity index (χ4n) is 2.92. The van der Waals surface area contributed by atoms with Crippen molar-refractivity contribution >= 4 is 11.5 Å². The fourth-order valence-corrected chi connectivity index (χ4v) is 2.92. The number of hydrogen-bond acceptors (Lipinski definition) is 6. The monoisotopic (exact) mass is 278 g/mol. The van der Waals surface area contributed by atoms with Gasteiger partial charge in [-0.3, -0.25) is 10.1 Å². The smallest absolute Gasteiger partial charge is 0.274 e. The van der Waals surface area contributed by atoms with E-state index in [-0.39, 0.29) is 16.2 Å². The lowest BCUT2D eigenvalue weighted by atomic mass is 9.90. The van der Waals surface area contributed by atoms with Crippen LogP contribution in [0.5, 0.6) is 0 Å². The average Bonchev–Trinajstić information content (AvgIpc) is 2.48. The van der Waals surface area contributed by atoms with E-state index < -0.39 is 0 Å². The molecule has 20 heavy (non-hydrogen) atoms. The van der Waals surface area contributed by atoms with Gasteiger partial charge >= 0.3 is 0 Å². The maximum Gasteiger partial charge on any atom is 0.274 e. The number of nitro groups is 1. The van der Waals surface area contributed by atoms with Crippen LogP contribution in [0, 0.1) is 10.1 Å². The Labute approximate surface area is 117 Å². The van der Waals surface area contributed by atoms with Crippen molar-refractivity contribution in [3.63, 3.8) is 0 Å². The molecule has 2 saturated heterocycles. The van der Waals surface area contributed by atoms with Gasteiger partial charge in [-0.25, -0.2) is 4.98 Å². The lowest BCUT2D eigenvalue weighted by Gasteiger charge is -2.45. The van der Waals surface area contributed by atoms with E-state index in [0.717, 1.165) is 39.0 Å². The standard InChI is InChI=1S/C13H18N4O3/c18-17(19)11-1-4-15-12(9-11)16-7-8-20-13(10-16)2-5-14-6-3-13/h1,4,9,14H,2-3,5-8,10H2. The van der Waals surface area contributed by atoms with Gasteiger partial charge in [0.05, 0.1) is 23.2 Å². The molecule has 7 heteroatoms. The van der Waals surface area contributed by atoms with Crippen molar-refractivity contribution in [3.8, 4) is 0 Å². The zero-order valence-corrected chi connectivity index (χ0v) is 11.2. The number of ether oxygens (including phenoxy) is 1. The minimum Gasteiger partial charge on any atom is -0.371 e. The molecule has 1 N–H and O–H groups in total. The molecule has 3 rings (SSSR count). The highest BCUT2D eigenvalue weighted by Crippen LogP contribution is 2.30. The third-order valence-corrected chi connectivity index (χ3v) is 4.03. The van der Waals surface area contributed by atoms with Crippen LogP contribution in [0.15, 0.2) is 18.3 Å². The zero-order valence-electron chi connectivity index (χ0n) is 11.2. The topological polar surface area (TPSA) is 80.5 Å². The number of aromatic nitrogens is 1. The number of piperidine rings is 1. The molecule has 0 aliphatic carbocycles. The number of anilines is 1. The van der Waals surface area contributed by atoms with Gasteiger partial charge in [0.1, 0.15) is 5.82 Å². The van der Waals surface area contributed by atoms with E-state index in [1.165, 1.54) is 12.3 Å². The van der Waals surface area contributed by atoms with Gasteiger partial charge in [-0.05, 0) is 25.9 Å². The van der Waals surface area contributed by atoms with Gasteiger partial charge in [0, 0.05) is 25.4 Å². The molecule has 2 aliphatic rings. The Balaban J connectivity index is 1.79. The van der Waals surface area contributed by atoms with E-state index >= 15 is 0 Å². The van der Waals surface area contributed by atoms with E-state index in [4.69, 9.17) is 4.74 Å². The van der Waals surface area contributed by atoms with Crippen LogP contribution in [0.4, 0.5) is 11.5 Å². The minimum atomic E-state index is -0.383. The van der Waals surface area contributed by atoms with Gasteiger partial charge in [0.25, 0.3) is 5.69 Å². The van der Waals surface area contributed by atoms with Gasteiger partial charge < -0.3 is 15.0 Å². The molecule has 1 aromatic heterocycles. The molecule has 0 saturated carbocycles. The first-order valence-electron chi connectivity index (χ1n) is 6.89. The van der Waals surface area contributed by atoms with Crippen molar-refractivity contribution in [2.45, 2.75) is 18.4 Å². The number of morpholine rings is 1. The Morgan fingerprint density at radius 1 is 1.45 bits per heavy atom. The minimum absolute atomic E-state index is 0.0841. The third-order valence-electron chi connectivity index (χ3n) is 4.03. The highest BCUT2D eigenvalue weighted by molar-refractivity contribution is 5.47. The molecule has 0 unspecified atom stereocenters. The summed E-state index contributed by atoms with van der Waals surface area (Å²) >= 11 is 0. The molecule has 0 aromatic carbocycles. The van der Waals surface area contributed by atoms with Gasteiger partial charge in [0.2, 0.25) is 0 Å². The van der Waals surface area contributed by atoms with E-state index in [1.54, 1.807) is 6.07 Å². The molecular weight excluding hydrogens is 260 g/mol. The van der Waals surface area contributed by atoms with Crippen LogP contribution in [0.25, 0.3) is 0 Å². The predicted octanol–water partition coefficient (Wildman–Crippen LogP) is 0.949. The first kappa shape index (κ1) is 13.3. The summed E-state index contributed by atoms with van der Waals surface area (Å²) in [5, 5.41) is 14.2. The summed E-state index contributed by atoms with van der Waals surface area (Å²) in [4.78, 5) is 16.8. The Bertz CT molecular complexity index is 497. The lowest BCUT2D eigenvalue weighted by Crippen LogP contribution is -2.56. The highest BCUT2D eigenvalue weighted by Gasteiger charge is 2.38. The fraction of sp³-hybridized carbons (Fsp3) is 0.615. The van der Waals surface area contributed by atoms with Crippen LogP contribution < -0.4 is 10.2 Å². The van der Waals surface area contributed by atoms with Crippen molar-refractivity contribution in [1.82, 2.24) is 10.3 Å². The van der Waals surface area contributed by atoms with E-state index in [9.17, 15) is 10.1 Å². The van der Waals surface area contributed by atoms with Crippen LogP contribution in [0.3, 0.4) is 0 Å². The van der Waals surface area contributed by atoms with Crippen LogP contribution in [-0.2, 0) is 4.74 Å². The van der Waals surface area contributed by atoms with Crippen molar-refractivity contribution in [3.05, 3.63) is 28.4 Å². The summed E-state index contributed by atoms with van der Waals surface area (Å²) in [6.45, 7) is 4.03. The zero-order chi connectivity index (χ0) is 14.0. The molecule has 1 aromatic rings. The second-order valence-electron chi connectivity index (χ2n) is 5.33. The number of pyridine rings is 1. The normalized spacial score (nSPS) is 21.9. The van der Waals surface area contributed by atoms with Gasteiger partial charge in [-0.15, -0.1) is 0 Å². The average molecular weight is 278 g/mol. The van der Waals surface area contributed by atoms with Crippen molar-refractivity contribution in [2.75, 3.05) is 37.7 Å². The van der Waals surface area contributed by atoms with Crippen LogP contribution in [-0.4, -0.2) is 48.3 Å². The summed E-state index contributed by atoms with van der Waals surface area (Å²) in [6, 6.07) is 2.96. The largest absolute Gasteiger partial charge is 0.371 e. The van der Waals surface area contributed by atoms with E-state index in [1.807, 2.05) is 0 Å². The van der Waals surface area contributed by atoms with E-state index in [2.05, 4.69) is 15.2 Å².